The van der Waals surface area contributed by atoms with Crippen molar-refractivity contribution in [2.24, 2.45) is 0 Å². The van der Waals surface area contributed by atoms with E-state index in [1.165, 1.54) is 16.7 Å². The van der Waals surface area contributed by atoms with Gasteiger partial charge in [-0.3, -0.25) is 4.79 Å². The molecule has 0 bridgehead atoms. The standard InChI is InChI=1S/C24H25NO/c1-4-23(22-15-10-17(2)16-18(22)3)25-24(26)21-13-11-20(12-14-21)19-8-6-5-7-9-19/h5-16,23H,4H2,1-3H3,(H,25,26)/t23-/m0/s1. The maximum absolute atomic E-state index is 12.7. The first-order chi connectivity index (χ1) is 12.6. The molecule has 0 saturated carbocycles. The number of carbonyl (C=O) groups is 1. The van der Waals surface area contributed by atoms with Crippen LogP contribution in [-0.2, 0) is 0 Å². The van der Waals surface area contributed by atoms with E-state index >= 15 is 0 Å². The van der Waals surface area contributed by atoms with Crippen molar-refractivity contribution in [1.29, 1.82) is 0 Å². The van der Waals surface area contributed by atoms with Gasteiger partial charge < -0.3 is 5.32 Å². The summed E-state index contributed by atoms with van der Waals surface area (Å²) in [4.78, 5) is 12.7. The first-order valence-electron chi connectivity index (χ1n) is 9.12. The summed E-state index contributed by atoms with van der Waals surface area (Å²) in [5.74, 6) is -0.0311. The summed E-state index contributed by atoms with van der Waals surface area (Å²) < 4.78 is 0. The van der Waals surface area contributed by atoms with Gasteiger partial charge in [-0.1, -0.05) is 73.2 Å². The van der Waals surface area contributed by atoms with Gasteiger partial charge in [0.15, 0.2) is 0 Å². The molecule has 0 radical (unpaired) electrons. The van der Waals surface area contributed by atoms with Crippen LogP contribution in [0.3, 0.4) is 0 Å². The van der Waals surface area contributed by atoms with Crippen molar-refractivity contribution in [2.75, 3.05) is 0 Å². The van der Waals surface area contributed by atoms with Gasteiger partial charge in [-0.05, 0) is 54.7 Å². The van der Waals surface area contributed by atoms with Crippen LogP contribution >= 0.6 is 0 Å². The smallest absolute Gasteiger partial charge is 0.251 e. The Labute approximate surface area is 155 Å². The van der Waals surface area contributed by atoms with Crippen molar-refractivity contribution in [2.45, 2.75) is 33.2 Å². The summed E-state index contributed by atoms with van der Waals surface area (Å²) >= 11 is 0. The number of hydrogen-bond acceptors (Lipinski definition) is 1. The lowest BCUT2D eigenvalue weighted by Gasteiger charge is -2.20. The quantitative estimate of drug-likeness (QED) is 0.618. The van der Waals surface area contributed by atoms with Crippen LogP contribution in [0, 0.1) is 13.8 Å². The van der Waals surface area contributed by atoms with E-state index < -0.39 is 0 Å². The minimum Gasteiger partial charge on any atom is -0.345 e. The van der Waals surface area contributed by atoms with Crippen molar-refractivity contribution < 1.29 is 4.79 Å². The highest BCUT2D eigenvalue weighted by molar-refractivity contribution is 5.95. The molecule has 2 nitrogen and oxygen atoms in total. The van der Waals surface area contributed by atoms with Gasteiger partial charge in [0.05, 0.1) is 6.04 Å². The van der Waals surface area contributed by atoms with Gasteiger partial charge >= 0.3 is 0 Å². The molecule has 0 unspecified atom stereocenters. The monoisotopic (exact) mass is 343 g/mol. The summed E-state index contributed by atoms with van der Waals surface area (Å²) in [5.41, 5.74) is 6.60. The molecular formula is C24H25NO. The molecule has 0 fully saturated rings. The first kappa shape index (κ1) is 17.9. The highest BCUT2D eigenvalue weighted by Gasteiger charge is 2.16. The van der Waals surface area contributed by atoms with Crippen molar-refractivity contribution in [3.8, 4) is 11.1 Å². The van der Waals surface area contributed by atoms with E-state index in [2.05, 4.69) is 56.4 Å². The molecule has 3 rings (SSSR count). The lowest BCUT2D eigenvalue weighted by atomic mass is 9.97. The van der Waals surface area contributed by atoms with Gasteiger partial charge in [0, 0.05) is 5.56 Å². The predicted octanol–water partition coefficient (Wildman–Crippen LogP) is 5.85. The van der Waals surface area contributed by atoms with Gasteiger partial charge in [0.1, 0.15) is 0 Å². The Morgan fingerprint density at radius 1 is 0.885 bits per heavy atom. The number of rotatable bonds is 5. The molecule has 1 amide bonds. The van der Waals surface area contributed by atoms with Gasteiger partial charge in [-0.25, -0.2) is 0 Å². The number of hydrogen-bond donors (Lipinski definition) is 1. The second-order valence-corrected chi connectivity index (χ2v) is 6.74. The summed E-state index contributed by atoms with van der Waals surface area (Å²) in [6.45, 7) is 6.29. The largest absolute Gasteiger partial charge is 0.345 e. The van der Waals surface area contributed by atoms with E-state index in [0.717, 1.165) is 17.5 Å². The lowest BCUT2D eigenvalue weighted by Crippen LogP contribution is -2.28. The number of nitrogens with one attached hydrogen (secondary N) is 1. The Morgan fingerprint density at radius 3 is 2.15 bits per heavy atom. The Morgan fingerprint density at radius 2 is 1.54 bits per heavy atom. The van der Waals surface area contributed by atoms with Crippen molar-refractivity contribution in [3.63, 3.8) is 0 Å². The minimum atomic E-state index is -0.0311. The third-order valence-corrected chi connectivity index (χ3v) is 4.77. The third-order valence-electron chi connectivity index (χ3n) is 4.77. The zero-order chi connectivity index (χ0) is 18.5. The summed E-state index contributed by atoms with van der Waals surface area (Å²) in [5, 5.41) is 3.18. The zero-order valence-corrected chi connectivity index (χ0v) is 15.6. The summed E-state index contributed by atoms with van der Waals surface area (Å²) in [6, 6.07) is 24.4. The van der Waals surface area contributed by atoms with Crippen LogP contribution in [0.1, 0.15) is 46.4 Å². The van der Waals surface area contributed by atoms with E-state index in [1.807, 2.05) is 42.5 Å². The molecule has 0 aliphatic rings. The molecule has 26 heavy (non-hydrogen) atoms. The Hall–Kier alpha value is -2.87. The average Bonchev–Trinajstić information content (AvgIpc) is 2.67. The molecule has 0 saturated heterocycles. The molecule has 0 aliphatic heterocycles. The molecule has 1 N–H and O–H groups in total. The van der Waals surface area contributed by atoms with E-state index in [-0.39, 0.29) is 11.9 Å². The topological polar surface area (TPSA) is 29.1 Å². The van der Waals surface area contributed by atoms with Crippen LogP contribution in [-0.4, -0.2) is 5.91 Å². The molecule has 1 atom stereocenters. The molecule has 0 aliphatic carbocycles. The average molecular weight is 343 g/mol. The third kappa shape index (κ3) is 4.02. The van der Waals surface area contributed by atoms with Crippen LogP contribution in [0.25, 0.3) is 11.1 Å². The van der Waals surface area contributed by atoms with Crippen molar-refractivity contribution in [3.05, 3.63) is 95.1 Å². The van der Waals surface area contributed by atoms with Crippen LogP contribution in [0.5, 0.6) is 0 Å². The fourth-order valence-corrected chi connectivity index (χ4v) is 3.30. The van der Waals surface area contributed by atoms with Crippen LogP contribution in [0.4, 0.5) is 0 Å². The SMILES string of the molecule is CC[C@H](NC(=O)c1ccc(-c2ccccc2)cc1)c1ccc(C)cc1C. The molecular weight excluding hydrogens is 318 g/mol. The lowest BCUT2D eigenvalue weighted by molar-refractivity contribution is 0.0935. The van der Waals surface area contributed by atoms with Gasteiger partial charge in [-0.15, -0.1) is 0 Å². The Kier molecular flexibility index (Phi) is 5.52. The molecule has 132 valence electrons. The second-order valence-electron chi connectivity index (χ2n) is 6.74. The highest BCUT2D eigenvalue weighted by Crippen LogP contribution is 2.23. The number of aryl methyl sites for hydroxylation is 2. The van der Waals surface area contributed by atoms with E-state index in [0.29, 0.717) is 5.56 Å². The van der Waals surface area contributed by atoms with Crippen molar-refractivity contribution in [1.82, 2.24) is 5.32 Å². The number of amides is 1. The first-order valence-corrected chi connectivity index (χ1v) is 9.12. The molecule has 2 heteroatoms. The van der Waals surface area contributed by atoms with Gasteiger partial charge in [0.2, 0.25) is 0 Å². The van der Waals surface area contributed by atoms with E-state index in [1.54, 1.807) is 0 Å². The molecule has 3 aromatic carbocycles. The Balaban J connectivity index is 1.76. The molecule has 0 aromatic heterocycles. The zero-order valence-electron chi connectivity index (χ0n) is 15.6. The minimum absolute atomic E-state index is 0.0249. The Bertz CT molecular complexity index is 882. The molecule has 0 spiro atoms. The fourth-order valence-electron chi connectivity index (χ4n) is 3.30. The number of carbonyl (C=O) groups excluding carboxylic acids is 1. The number of benzene rings is 3. The van der Waals surface area contributed by atoms with Crippen LogP contribution in [0.2, 0.25) is 0 Å². The summed E-state index contributed by atoms with van der Waals surface area (Å²) in [7, 11) is 0. The fraction of sp³-hybridized carbons (Fsp3) is 0.208. The molecule has 0 heterocycles. The molecule has 3 aromatic rings. The van der Waals surface area contributed by atoms with Gasteiger partial charge in [-0.2, -0.15) is 0 Å². The van der Waals surface area contributed by atoms with Crippen molar-refractivity contribution >= 4 is 5.91 Å². The maximum atomic E-state index is 12.7. The maximum Gasteiger partial charge on any atom is 0.251 e. The highest BCUT2D eigenvalue weighted by atomic mass is 16.1. The van der Waals surface area contributed by atoms with Gasteiger partial charge in [0.25, 0.3) is 5.91 Å². The van der Waals surface area contributed by atoms with E-state index in [4.69, 9.17) is 0 Å². The van der Waals surface area contributed by atoms with Crippen LogP contribution < -0.4 is 5.32 Å². The summed E-state index contributed by atoms with van der Waals surface area (Å²) in [6.07, 6.45) is 0.859. The predicted molar refractivity (Wildman–Crippen MR) is 108 cm³/mol. The van der Waals surface area contributed by atoms with E-state index in [9.17, 15) is 4.79 Å². The van der Waals surface area contributed by atoms with Crippen LogP contribution in [0.15, 0.2) is 72.8 Å². The normalized spacial score (nSPS) is 11.8. The second kappa shape index (κ2) is 8.01.